The van der Waals surface area contributed by atoms with E-state index < -0.39 is 5.41 Å². The van der Waals surface area contributed by atoms with Gasteiger partial charge in [-0.25, -0.2) is 0 Å². The van der Waals surface area contributed by atoms with E-state index in [0.717, 1.165) is 24.0 Å². The first kappa shape index (κ1) is 25.1. The van der Waals surface area contributed by atoms with Crippen molar-refractivity contribution in [2.45, 2.75) is 98.3 Å². The molecule has 1 unspecified atom stereocenters. The number of fused-ring (bicyclic) bond motifs is 1. The summed E-state index contributed by atoms with van der Waals surface area (Å²) in [4.78, 5) is 12.4. The summed E-state index contributed by atoms with van der Waals surface area (Å²) < 4.78 is 5.68. The fourth-order valence-corrected chi connectivity index (χ4v) is 7.29. The van der Waals surface area contributed by atoms with Gasteiger partial charge in [0.15, 0.2) is 0 Å². The van der Waals surface area contributed by atoms with E-state index in [2.05, 4.69) is 40.7 Å². The van der Waals surface area contributed by atoms with Crippen LogP contribution in [-0.4, -0.2) is 22.8 Å². The van der Waals surface area contributed by atoms with Crippen LogP contribution in [0.5, 0.6) is 11.5 Å². The van der Waals surface area contributed by atoms with E-state index in [0.29, 0.717) is 29.9 Å². The lowest BCUT2D eigenvalue weighted by Crippen LogP contribution is -2.41. The number of allylic oxidation sites excluding steroid dienone is 1. The Hall–Kier alpha value is -1.97. The second kappa shape index (κ2) is 8.03. The van der Waals surface area contributed by atoms with Gasteiger partial charge in [-0.05, 0) is 79.0 Å². The Balaban J connectivity index is 1.61. The van der Waals surface area contributed by atoms with Crippen molar-refractivity contribution in [1.29, 1.82) is 0 Å². The van der Waals surface area contributed by atoms with E-state index >= 15 is 0 Å². The number of rotatable bonds is 9. The number of carbonyl (C=O) groups excluding carboxylic acids is 1. The topological polar surface area (TPSA) is 66.8 Å². The first-order chi connectivity index (χ1) is 15.7. The van der Waals surface area contributed by atoms with Gasteiger partial charge in [0.05, 0.1) is 5.41 Å². The molecule has 188 valence electrons. The molecule has 0 heterocycles. The summed E-state index contributed by atoms with van der Waals surface area (Å²) in [5.74, 6) is 1.29. The van der Waals surface area contributed by atoms with Gasteiger partial charge in [-0.1, -0.05) is 66.4 Å². The lowest BCUT2D eigenvalue weighted by molar-refractivity contribution is -0.152. The molecule has 0 amide bonds. The predicted octanol–water partition coefficient (Wildman–Crippen LogP) is 7.01. The van der Waals surface area contributed by atoms with Crippen molar-refractivity contribution in [3.05, 3.63) is 34.9 Å². The van der Waals surface area contributed by atoms with Crippen LogP contribution >= 0.6 is 0 Å². The quantitative estimate of drug-likeness (QED) is 0.232. The third-order valence-electron chi connectivity index (χ3n) is 9.05. The largest absolute Gasteiger partial charge is 0.507 e. The summed E-state index contributed by atoms with van der Waals surface area (Å²) in [5.41, 5.74) is 1.85. The molecular formula is C30H44O4. The number of phenols is 2. The van der Waals surface area contributed by atoms with Crippen LogP contribution in [0.1, 0.15) is 98.6 Å². The standard InChI is InChI=1S/C30H44O4/c1-9-10-11-12-13-28(5,6)19-14-20(31)23(21(32)15-19)30-16-18(17-34-26(33)27(2,3)4)22-24(30)25(30)29(22,7)8/h14-16,22,24-25,31-32H,9-13,17H2,1-8H3/t22-,24?,25+,30-/m0/s1. The zero-order valence-electron chi connectivity index (χ0n) is 22.4. The number of benzene rings is 1. The second-order valence-electron chi connectivity index (χ2n) is 13.4. The molecule has 0 saturated heterocycles. The normalized spacial score (nSPS) is 28.7. The van der Waals surface area contributed by atoms with Crippen LogP contribution in [0.2, 0.25) is 0 Å². The van der Waals surface area contributed by atoms with Crippen LogP contribution in [0, 0.1) is 28.6 Å². The van der Waals surface area contributed by atoms with Gasteiger partial charge in [-0.15, -0.1) is 0 Å². The van der Waals surface area contributed by atoms with E-state index in [1.807, 2.05) is 32.9 Å². The summed E-state index contributed by atoms with van der Waals surface area (Å²) in [6.45, 7) is 17.0. The van der Waals surface area contributed by atoms with Crippen LogP contribution in [0.15, 0.2) is 23.8 Å². The maximum absolute atomic E-state index is 12.4. The summed E-state index contributed by atoms with van der Waals surface area (Å²) in [6.07, 6.45) is 8.05. The average molecular weight is 469 g/mol. The van der Waals surface area contributed by atoms with E-state index in [1.54, 1.807) is 0 Å². The molecule has 2 saturated carbocycles. The summed E-state index contributed by atoms with van der Waals surface area (Å²) in [7, 11) is 0. The van der Waals surface area contributed by atoms with Crippen molar-refractivity contribution < 1.29 is 19.7 Å². The van der Waals surface area contributed by atoms with Gasteiger partial charge in [0.2, 0.25) is 0 Å². The molecule has 4 atom stereocenters. The molecule has 2 N–H and O–H groups in total. The van der Waals surface area contributed by atoms with Crippen LogP contribution < -0.4 is 0 Å². The maximum atomic E-state index is 12.4. The highest BCUT2D eigenvalue weighted by Crippen LogP contribution is 2.87. The van der Waals surface area contributed by atoms with Gasteiger partial charge in [-0.2, -0.15) is 0 Å². The first-order valence-electron chi connectivity index (χ1n) is 13.2. The Kier molecular flexibility index (Phi) is 5.94. The van der Waals surface area contributed by atoms with Crippen LogP contribution in [0.3, 0.4) is 0 Å². The van der Waals surface area contributed by atoms with Crippen LogP contribution in [0.25, 0.3) is 0 Å². The van der Waals surface area contributed by atoms with Gasteiger partial charge in [0, 0.05) is 11.0 Å². The molecule has 3 aliphatic rings. The van der Waals surface area contributed by atoms with E-state index in [9.17, 15) is 15.0 Å². The second-order valence-corrected chi connectivity index (χ2v) is 13.4. The van der Waals surface area contributed by atoms with Crippen molar-refractivity contribution in [2.75, 3.05) is 6.61 Å². The molecule has 4 nitrogen and oxygen atoms in total. The molecule has 0 aliphatic heterocycles. The number of phenolic OH excluding ortho intramolecular Hbond substituents is 2. The number of carbonyl (C=O) groups is 1. The smallest absolute Gasteiger partial charge is 0.311 e. The number of aromatic hydroxyl groups is 2. The highest BCUT2D eigenvalue weighted by atomic mass is 16.5. The maximum Gasteiger partial charge on any atom is 0.311 e. The van der Waals surface area contributed by atoms with E-state index in [1.165, 1.54) is 19.3 Å². The Bertz CT molecular complexity index is 986. The summed E-state index contributed by atoms with van der Waals surface area (Å²) in [5, 5.41) is 22.5. The van der Waals surface area contributed by atoms with Gasteiger partial charge in [-0.3, -0.25) is 4.79 Å². The predicted molar refractivity (Wildman–Crippen MR) is 136 cm³/mol. The zero-order valence-corrected chi connectivity index (χ0v) is 22.4. The highest BCUT2D eigenvalue weighted by Gasteiger charge is 2.85. The Labute approximate surface area is 205 Å². The highest BCUT2D eigenvalue weighted by molar-refractivity contribution is 5.75. The Morgan fingerprint density at radius 3 is 2.21 bits per heavy atom. The molecule has 34 heavy (non-hydrogen) atoms. The fourth-order valence-electron chi connectivity index (χ4n) is 7.29. The number of hydrogen-bond donors (Lipinski definition) is 2. The monoisotopic (exact) mass is 468 g/mol. The molecule has 0 aromatic heterocycles. The van der Waals surface area contributed by atoms with Crippen molar-refractivity contribution in [1.82, 2.24) is 0 Å². The minimum Gasteiger partial charge on any atom is -0.507 e. The first-order valence-corrected chi connectivity index (χ1v) is 13.2. The Morgan fingerprint density at radius 1 is 1.03 bits per heavy atom. The molecular weight excluding hydrogens is 424 g/mol. The van der Waals surface area contributed by atoms with Crippen molar-refractivity contribution >= 4 is 5.97 Å². The Morgan fingerprint density at radius 2 is 1.65 bits per heavy atom. The number of unbranched alkanes of at least 4 members (excludes halogenated alkanes) is 3. The molecule has 0 spiro atoms. The molecule has 1 aromatic rings. The SMILES string of the molecule is CCCCCCC(C)(C)c1cc(O)c([C@@]23C=C(COC(=O)C(C)(C)C)[C@H]4C2[C@@H]3C4(C)C)c(O)c1. The minimum absolute atomic E-state index is 0.0546. The van der Waals surface area contributed by atoms with Gasteiger partial charge >= 0.3 is 5.97 Å². The van der Waals surface area contributed by atoms with E-state index in [-0.39, 0.29) is 33.7 Å². The van der Waals surface area contributed by atoms with Crippen molar-refractivity contribution in [3.63, 3.8) is 0 Å². The fraction of sp³-hybridized carbons (Fsp3) is 0.700. The average Bonchev–Trinajstić information content (AvgIpc) is 3.21. The van der Waals surface area contributed by atoms with Crippen LogP contribution in [0.4, 0.5) is 0 Å². The van der Waals surface area contributed by atoms with Gasteiger partial charge in [0.25, 0.3) is 0 Å². The number of esters is 1. The molecule has 4 rings (SSSR count). The molecule has 0 radical (unpaired) electrons. The third-order valence-corrected chi connectivity index (χ3v) is 9.05. The molecule has 3 aliphatic carbocycles. The van der Waals surface area contributed by atoms with E-state index in [4.69, 9.17) is 4.74 Å². The molecule has 0 bridgehead atoms. The summed E-state index contributed by atoms with van der Waals surface area (Å²) >= 11 is 0. The number of hydrogen-bond acceptors (Lipinski definition) is 4. The summed E-state index contributed by atoms with van der Waals surface area (Å²) in [6, 6.07) is 3.77. The van der Waals surface area contributed by atoms with Crippen molar-refractivity contribution in [3.8, 4) is 11.5 Å². The van der Waals surface area contributed by atoms with Gasteiger partial charge in [0.1, 0.15) is 18.1 Å². The lowest BCUT2D eigenvalue weighted by atomic mass is 9.59. The number of ether oxygens (including phenoxy) is 1. The zero-order chi connectivity index (χ0) is 25.3. The van der Waals surface area contributed by atoms with Gasteiger partial charge < -0.3 is 14.9 Å². The molecule has 1 aromatic carbocycles. The minimum atomic E-state index is -0.535. The molecule has 2 fully saturated rings. The molecule has 4 heteroatoms. The van der Waals surface area contributed by atoms with Crippen LogP contribution in [-0.2, 0) is 20.4 Å². The van der Waals surface area contributed by atoms with Crippen molar-refractivity contribution in [2.24, 2.45) is 28.6 Å². The third kappa shape index (κ3) is 3.67. The lowest BCUT2D eigenvalue weighted by Gasteiger charge is -2.45.